The van der Waals surface area contributed by atoms with Crippen molar-refractivity contribution in [3.63, 3.8) is 0 Å². The Morgan fingerprint density at radius 1 is 0.914 bits per heavy atom. The van der Waals surface area contributed by atoms with Crippen molar-refractivity contribution >= 4 is 5.90 Å². The molecule has 2 aromatic carbocycles. The maximum Gasteiger partial charge on any atom is 0.219 e. The van der Waals surface area contributed by atoms with Crippen molar-refractivity contribution < 1.29 is 9.13 Å². The molecule has 0 amide bonds. The van der Waals surface area contributed by atoms with Gasteiger partial charge in [-0.1, -0.05) is 69.4 Å². The van der Waals surface area contributed by atoms with E-state index < -0.39 is 0 Å². The molecule has 0 aromatic heterocycles. The standard InChI is InChI=1S/C32H42FNO/c1-4-5-6-7-22-8-9-27-19-26(15-14-25(27)18-22)23-10-12-24(13-11-23)28-16-17-29(30(33)20-28)31-34-32(2,3)21-35-31/h10-13,16-17,20,22,25-27H,4-9,14-15,18-19,21H2,1-3H3. The van der Waals surface area contributed by atoms with E-state index in [2.05, 4.69) is 36.2 Å². The number of aliphatic imine (C=N–C) groups is 1. The summed E-state index contributed by atoms with van der Waals surface area (Å²) in [5.74, 6) is 3.70. The normalized spacial score (nSPS) is 27.7. The minimum absolute atomic E-state index is 0.272. The predicted octanol–water partition coefficient (Wildman–Crippen LogP) is 8.93. The lowest BCUT2D eigenvalue weighted by atomic mass is 9.63. The van der Waals surface area contributed by atoms with Crippen molar-refractivity contribution in [3.8, 4) is 11.1 Å². The van der Waals surface area contributed by atoms with Gasteiger partial charge in [0.25, 0.3) is 0 Å². The molecule has 0 bridgehead atoms. The molecule has 3 aliphatic rings. The van der Waals surface area contributed by atoms with E-state index in [0.717, 1.165) is 28.9 Å². The fourth-order valence-corrected chi connectivity index (χ4v) is 6.77. The number of ether oxygens (including phenoxy) is 1. The fourth-order valence-electron chi connectivity index (χ4n) is 6.77. The molecule has 2 fully saturated rings. The van der Waals surface area contributed by atoms with Crippen molar-refractivity contribution in [1.29, 1.82) is 0 Å². The molecule has 2 aliphatic carbocycles. The highest BCUT2D eigenvalue weighted by Gasteiger charge is 2.35. The molecule has 0 saturated heterocycles. The molecule has 0 N–H and O–H groups in total. The lowest BCUT2D eigenvalue weighted by Gasteiger charge is -2.42. The molecule has 5 rings (SSSR count). The molecule has 1 aliphatic heterocycles. The zero-order chi connectivity index (χ0) is 24.4. The maximum absolute atomic E-state index is 14.9. The fraction of sp³-hybridized carbons (Fsp3) is 0.594. The van der Waals surface area contributed by atoms with Crippen molar-refractivity contribution in [2.45, 2.75) is 96.4 Å². The Labute approximate surface area is 211 Å². The molecule has 2 saturated carbocycles. The Hall–Kier alpha value is -2.16. The Bertz CT molecular complexity index is 1040. The van der Waals surface area contributed by atoms with Gasteiger partial charge in [-0.15, -0.1) is 0 Å². The topological polar surface area (TPSA) is 21.6 Å². The molecular formula is C32H42FNO. The van der Waals surface area contributed by atoms with E-state index in [1.807, 2.05) is 19.9 Å². The Kier molecular flexibility index (Phi) is 7.32. The summed E-state index contributed by atoms with van der Waals surface area (Å²) in [4.78, 5) is 4.52. The van der Waals surface area contributed by atoms with Gasteiger partial charge in [-0.3, -0.25) is 0 Å². The third-order valence-electron chi connectivity index (χ3n) is 8.82. The van der Waals surface area contributed by atoms with E-state index in [-0.39, 0.29) is 11.4 Å². The van der Waals surface area contributed by atoms with Crippen LogP contribution in [0.4, 0.5) is 4.39 Å². The highest BCUT2D eigenvalue weighted by molar-refractivity contribution is 5.96. The van der Waals surface area contributed by atoms with Gasteiger partial charge in [-0.05, 0) is 98.4 Å². The molecular weight excluding hydrogens is 433 g/mol. The van der Waals surface area contributed by atoms with Crippen molar-refractivity contribution in [2.75, 3.05) is 6.61 Å². The van der Waals surface area contributed by atoms with E-state index in [9.17, 15) is 4.39 Å². The predicted molar refractivity (Wildman–Crippen MR) is 143 cm³/mol. The summed E-state index contributed by atoms with van der Waals surface area (Å²) in [6.45, 7) is 6.80. The zero-order valence-electron chi connectivity index (χ0n) is 21.9. The second kappa shape index (κ2) is 10.4. The van der Waals surface area contributed by atoms with Crippen LogP contribution in [0, 0.1) is 23.6 Å². The van der Waals surface area contributed by atoms with Gasteiger partial charge in [0.15, 0.2) is 0 Å². The van der Waals surface area contributed by atoms with Gasteiger partial charge < -0.3 is 4.74 Å². The zero-order valence-corrected chi connectivity index (χ0v) is 21.9. The first kappa shape index (κ1) is 24.5. The smallest absolute Gasteiger partial charge is 0.219 e. The molecule has 188 valence electrons. The number of hydrogen-bond donors (Lipinski definition) is 0. The van der Waals surface area contributed by atoms with Gasteiger partial charge >= 0.3 is 0 Å². The number of benzene rings is 2. The number of nitrogens with zero attached hydrogens (tertiary/aromatic N) is 1. The van der Waals surface area contributed by atoms with Crippen LogP contribution in [0.15, 0.2) is 47.5 Å². The van der Waals surface area contributed by atoms with Crippen LogP contribution in [0.1, 0.15) is 102 Å². The number of fused-ring (bicyclic) bond motifs is 1. The van der Waals surface area contributed by atoms with Crippen LogP contribution in [-0.2, 0) is 4.74 Å². The van der Waals surface area contributed by atoms with Gasteiger partial charge in [0, 0.05) is 0 Å². The minimum atomic E-state index is -0.288. The van der Waals surface area contributed by atoms with Crippen LogP contribution in [0.5, 0.6) is 0 Å². The molecule has 4 atom stereocenters. The highest BCUT2D eigenvalue weighted by Crippen LogP contribution is 2.48. The molecule has 1 heterocycles. The first-order chi connectivity index (χ1) is 16.9. The Morgan fingerprint density at radius 3 is 2.37 bits per heavy atom. The minimum Gasteiger partial charge on any atom is -0.475 e. The van der Waals surface area contributed by atoms with E-state index in [1.54, 1.807) is 12.1 Å². The SMILES string of the molecule is CCCCCC1CCC2CC(c3ccc(-c4ccc(C5=NC(C)(C)CO5)c(F)c4)cc3)CCC2C1. The van der Waals surface area contributed by atoms with Crippen molar-refractivity contribution in [2.24, 2.45) is 22.7 Å². The number of halogens is 1. The highest BCUT2D eigenvalue weighted by atomic mass is 19.1. The van der Waals surface area contributed by atoms with Crippen LogP contribution >= 0.6 is 0 Å². The summed E-state index contributed by atoms with van der Waals surface area (Å²) in [5.41, 5.74) is 3.59. The van der Waals surface area contributed by atoms with E-state index >= 15 is 0 Å². The second-order valence-electron chi connectivity index (χ2n) is 12.0. The van der Waals surface area contributed by atoms with E-state index in [0.29, 0.717) is 24.0 Å². The van der Waals surface area contributed by atoms with Gasteiger partial charge in [0.1, 0.15) is 12.4 Å². The summed E-state index contributed by atoms with van der Waals surface area (Å²) in [6.07, 6.45) is 14.1. The monoisotopic (exact) mass is 475 g/mol. The van der Waals surface area contributed by atoms with Crippen LogP contribution in [0.2, 0.25) is 0 Å². The van der Waals surface area contributed by atoms with Gasteiger partial charge in [-0.2, -0.15) is 0 Å². The molecule has 35 heavy (non-hydrogen) atoms. The molecule has 3 heteroatoms. The van der Waals surface area contributed by atoms with Crippen LogP contribution in [0.25, 0.3) is 11.1 Å². The van der Waals surface area contributed by atoms with Crippen LogP contribution < -0.4 is 0 Å². The Morgan fingerprint density at radius 2 is 1.66 bits per heavy atom. The van der Waals surface area contributed by atoms with E-state index in [4.69, 9.17) is 4.74 Å². The summed E-state index contributed by atoms with van der Waals surface area (Å²) < 4.78 is 20.6. The number of hydrogen-bond acceptors (Lipinski definition) is 2. The average molecular weight is 476 g/mol. The van der Waals surface area contributed by atoms with Gasteiger partial charge in [0.2, 0.25) is 5.90 Å². The lowest BCUT2D eigenvalue weighted by molar-refractivity contribution is 0.113. The van der Waals surface area contributed by atoms with Crippen LogP contribution in [0.3, 0.4) is 0 Å². The third-order valence-corrected chi connectivity index (χ3v) is 8.82. The average Bonchev–Trinajstić information content (AvgIpc) is 3.23. The third kappa shape index (κ3) is 5.65. The lowest BCUT2D eigenvalue weighted by Crippen LogP contribution is -2.30. The maximum atomic E-state index is 14.9. The summed E-state index contributed by atoms with van der Waals surface area (Å²) in [7, 11) is 0. The molecule has 4 unspecified atom stereocenters. The number of rotatable bonds is 7. The summed E-state index contributed by atoms with van der Waals surface area (Å²) in [5, 5.41) is 0. The van der Waals surface area contributed by atoms with E-state index in [1.165, 1.54) is 69.8 Å². The van der Waals surface area contributed by atoms with Crippen molar-refractivity contribution in [1.82, 2.24) is 0 Å². The first-order valence-corrected chi connectivity index (χ1v) is 14.0. The Balaban J connectivity index is 1.21. The second-order valence-corrected chi connectivity index (χ2v) is 12.0. The van der Waals surface area contributed by atoms with Crippen LogP contribution in [-0.4, -0.2) is 18.0 Å². The first-order valence-electron chi connectivity index (χ1n) is 14.0. The molecule has 2 aromatic rings. The largest absolute Gasteiger partial charge is 0.475 e. The quantitative estimate of drug-likeness (QED) is 0.366. The molecule has 0 spiro atoms. The van der Waals surface area contributed by atoms with Gasteiger partial charge in [0.05, 0.1) is 11.1 Å². The summed E-state index contributed by atoms with van der Waals surface area (Å²) in [6, 6.07) is 14.3. The van der Waals surface area contributed by atoms with Gasteiger partial charge in [-0.25, -0.2) is 9.38 Å². The summed E-state index contributed by atoms with van der Waals surface area (Å²) >= 11 is 0. The molecule has 2 nitrogen and oxygen atoms in total. The number of unbranched alkanes of at least 4 members (excludes halogenated alkanes) is 2. The van der Waals surface area contributed by atoms with Crippen molar-refractivity contribution in [3.05, 3.63) is 59.4 Å². The molecule has 0 radical (unpaired) electrons.